The number of H-pyrrole nitrogens is 1. The molecule has 1 aliphatic rings. The van der Waals surface area contributed by atoms with Gasteiger partial charge in [0.1, 0.15) is 6.04 Å². The van der Waals surface area contributed by atoms with E-state index in [9.17, 15) is 9.59 Å². The molecule has 0 spiro atoms. The lowest BCUT2D eigenvalue weighted by Crippen LogP contribution is -2.42. The molecule has 1 unspecified atom stereocenters. The van der Waals surface area contributed by atoms with Crippen molar-refractivity contribution in [3.63, 3.8) is 0 Å². The Morgan fingerprint density at radius 1 is 1.69 bits per heavy atom. The second-order valence-corrected chi connectivity index (χ2v) is 4.48. The maximum atomic E-state index is 11.8. The summed E-state index contributed by atoms with van der Waals surface area (Å²) in [5, 5.41) is 15.4. The van der Waals surface area contributed by atoms with Gasteiger partial charge in [0.05, 0.1) is 12.3 Å². The summed E-state index contributed by atoms with van der Waals surface area (Å²) in [6.07, 6.45) is 1.74. The number of carboxylic acids is 1. The standard InChI is InChI=1S/C9H11N3O3S/c13-8(3-6-1-2-10-11-6)12-5-16-4-7(12)9(14)15/h1-2,7H,3-5H2,(H,10,11)(H,14,15). The summed E-state index contributed by atoms with van der Waals surface area (Å²) >= 11 is 1.46. The fraction of sp³-hybridized carbons (Fsp3) is 0.444. The molecule has 0 bridgehead atoms. The van der Waals surface area contributed by atoms with Gasteiger partial charge in [0.2, 0.25) is 5.91 Å². The zero-order valence-corrected chi connectivity index (χ0v) is 9.24. The maximum absolute atomic E-state index is 11.8. The molecule has 86 valence electrons. The van der Waals surface area contributed by atoms with E-state index in [4.69, 9.17) is 5.11 Å². The lowest BCUT2D eigenvalue weighted by Gasteiger charge is -2.19. The Kier molecular flexibility index (Phi) is 3.14. The van der Waals surface area contributed by atoms with E-state index in [1.54, 1.807) is 12.3 Å². The van der Waals surface area contributed by atoms with Crippen molar-refractivity contribution in [1.82, 2.24) is 15.1 Å². The molecule has 0 saturated carbocycles. The van der Waals surface area contributed by atoms with Gasteiger partial charge in [0, 0.05) is 17.6 Å². The number of carbonyl (C=O) groups is 2. The average molecular weight is 241 g/mol. The normalized spacial score (nSPS) is 20.0. The number of nitrogens with one attached hydrogen (secondary N) is 1. The van der Waals surface area contributed by atoms with Crippen molar-refractivity contribution < 1.29 is 14.7 Å². The van der Waals surface area contributed by atoms with Gasteiger partial charge in [-0.1, -0.05) is 0 Å². The quantitative estimate of drug-likeness (QED) is 0.774. The highest BCUT2D eigenvalue weighted by molar-refractivity contribution is 7.99. The van der Waals surface area contributed by atoms with E-state index < -0.39 is 12.0 Å². The first kappa shape index (κ1) is 11.0. The minimum Gasteiger partial charge on any atom is -0.480 e. The first-order valence-electron chi connectivity index (χ1n) is 4.77. The van der Waals surface area contributed by atoms with Gasteiger partial charge in [-0.15, -0.1) is 11.8 Å². The third kappa shape index (κ3) is 2.19. The number of hydrogen-bond acceptors (Lipinski definition) is 4. The van der Waals surface area contributed by atoms with E-state index in [1.165, 1.54) is 16.7 Å². The Labute approximate surface area is 96.0 Å². The fourth-order valence-electron chi connectivity index (χ4n) is 1.54. The number of amides is 1. The number of nitrogens with zero attached hydrogens (tertiary/aromatic N) is 2. The second kappa shape index (κ2) is 4.56. The summed E-state index contributed by atoms with van der Waals surface area (Å²) in [5.74, 6) is -0.210. The lowest BCUT2D eigenvalue weighted by atomic mass is 10.2. The van der Waals surface area contributed by atoms with Crippen molar-refractivity contribution in [2.45, 2.75) is 12.5 Å². The van der Waals surface area contributed by atoms with Crippen molar-refractivity contribution in [2.24, 2.45) is 0 Å². The Morgan fingerprint density at radius 3 is 3.12 bits per heavy atom. The Balaban J connectivity index is 2.01. The monoisotopic (exact) mass is 241 g/mol. The number of aromatic nitrogens is 2. The van der Waals surface area contributed by atoms with Crippen LogP contribution in [0.3, 0.4) is 0 Å². The molecule has 6 nitrogen and oxygen atoms in total. The summed E-state index contributed by atoms with van der Waals surface area (Å²) in [5.41, 5.74) is 0.700. The number of carboxylic acid groups (broad SMARTS) is 1. The SMILES string of the molecule is O=C(O)C1CSCN1C(=O)Cc1ccn[nH]1. The first-order chi connectivity index (χ1) is 7.68. The first-order valence-corrected chi connectivity index (χ1v) is 5.92. The van der Waals surface area contributed by atoms with Crippen LogP contribution in [0, 0.1) is 0 Å². The van der Waals surface area contributed by atoms with Gasteiger partial charge in [-0.05, 0) is 6.07 Å². The van der Waals surface area contributed by atoms with Crippen molar-refractivity contribution in [1.29, 1.82) is 0 Å². The van der Waals surface area contributed by atoms with Crippen LogP contribution in [-0.4, -0.2) is 49.8 Å². The van der Waals surface area contributed by atoms with Crippen LogP contribution in [0.15, 0.2) is 12.3 Å². The largest absolute Gasteiger partial charge is 0.480 e. The van der Waals surface area contributed by atoms with Crippen molar-refractivity contribution in [3.05, 3.63) is 18.0 Å². The van der Waals surface area contributed by atoms with E-state index in [0.717, 1.165) is 0 Å². The summed E-state index contributed by atoms with van der Waals surface area (Å²) in [4.78, 5) is 24.1. The van der Waals surface area contributed by atoms with Gasteiger partial charge in [0.25, 0.3) is 0 Å². The van der Waals surface area contributed by atoms with Gasteiger partial charge in [0.15, 0.2) is 0 Å². The second-order valence-electron chi connectivity index (χ2n) is 3.48. The van der Waals surface area contributed by atoms with E-state index in [-0.39, 0.29) is 12.3 Å². The Bertz CT molecular complexity index is 393. The van der Waals surface area contributed by atoms with Gasteiger partial charge in [-0.25, -0.2) is 4.79 Å². The predicted molar refractivity (Wildman–Crippen MR) is 57.9 cm³/mol. The molecule has 0 aliphatic carbocycles. The van der Waals surface area contributed by atoms with Crippen LogP contribution in [0.25, 0.3) is 0 Å². The minimum atomic E-state index is -0.942. The summed E-state index contributed by atoms with van der Waals surface area (Å²) in [6, 6.07) is 1.01. The molecule has 2 N–H and O–H groups in total. The van der Waals surface area contributed by atoms with Crippen LogP contribution in [0.5, 0.6) is 0 Å². The number of aromatic amines is 1. The molecular formula is C9H11N3O3S. The molecule has 1 aliphatic heterocycles. The van der Waals surface area contributed by atoms with Crippen LogP contribution >= 0.6 is 11.8 Å². The fourth-order valence-corrected chi connectivity index (χ4v) is 2.71. The maximum Gasteiger partial charge on any atom is 0.327 e. The molecule has 1 atom stereocenters. The molecule has 1 aromatic rings. The molecule has 1 fully saturated rings. The molecule has 1 saturated heterocycles. The van der Waals surface area contributed by atoms with Crippen molar-refractivity contribution in [2.75, 3.05) is 11.6 Å². The zero-order valence-electron chi connectivity index (χ0n) is 8.42. The topological polar surface area (TPSA) is 86.3 Å². The number of hydrogen-bond donors (Lipinski definition) is 2. The number of thioether (sulfide) groups is 1. The van der Waals surface area contributed by atoms with E-state index >= 15 is 0 Å². The van der Waals surface area contributed by atoms with Crippen LogP contribution in [0.1, 0.15) is 5.69 Å². The van der Waals surface area contributed by atoms with E-state index in [2.05, 4.69) is 10.2 Å². The molecule has 0 aromatic carbocycles. The van der Waals surface area contributed by atoms with Crippen LogP contribution in [0.4, 0.5) is 0 Å². The molecule has 7 heteroatoms. The van der Waals surface area contributed by atoms with Crippen molar-refractivity contribution in [3.8, 4) is 0 Å². The van der Waals surface area contributed by atoms with Crippen LogP contribution in [0.2, 0.25) is 0 Å². The minimum absolute atomic E-state index is 0.171. The van der Waals surface area contributed by atoms with Gasteiger partial charge in [-0.2, -0.15) is 5.10 Å². The summed E-state index contributed by atoms with van der Waals surface area (Å²) in [6.45, 7) is 0. The van der Waals surface area contributed by atoms with Crippen LogP contribution < -0.4 is 0 Å². The molecular weight excluding hydrogens is 230 g/mol. The molecule has 1 aromatic heterocycles. The average Bonchev–Trinajstić information content (AvgIpc) is 2.86. The highest BCUT2D eigenvalue weighted by Crippen LogP contribution is 2.21. The third-order valence-electron chi connectivity index (χ3n) is 2.39. The molecule has 2 rings (SSSR count). The zero-order chi connectivity index (χ0) is 11.5. The molecule has 1 amide bonds. The molecule has 2 heterocycles. The highest BCUT2D eigenvalue weighted by Gasteiger charge is 2.34. The molecule has 0 radical (unpaired) electrons. The van der Waals surface area contributed by atoms with Crippen LogP contribution in [-0.2, 0) is 16.0 Å². The van der Waals surface area contributed by atoms with E-state index in [0.29, 0.717) is 17.3 Å². The summed E-state index contributed by atoms with van der Waals surface area (Å²) in [7, 11) is 0. The van der Waals surface area contributed by atoms with Gasteiger partial charge >= 0.3 is 5.97 Å². The number of aliphatic carboxylic acids is 1. The Morgan fingerprint density at radius 2 is 2.50 bits per heavy atom. The summed E-state index contributed by atoms with van der Waals surface area (Å²) < 4.78 is 0. The Hall–Kier alpha value is -1.50. The smallest absolute Gasteiger partial charge is 0.327 e. The predicted octanol–water partition coefficient (Wildman–Crippen LogP) is -0.0617. The van der Waals surface area contributed by atoms with Crippen molar-refractivity contribution >= 4 is 23.6 Å². The lowest BCUT2D eigenvalue weighted by molar-refractivity contribution is -0.147. The van der Waals surface area contributed by atoms with Gasteiger partial charge < -0.3 is 10.0 Å². The van der Waals surface area contributed by atoms with Gasteiger partial charge in [-0.3, -0.25) is 9.89 Å². The highest BCUT2D eigenvalue weighted by atomic mass is 32.2. The number of rotatable bonds is 3. The molecule has 16 heavy (non-hydrogen) atoms. The van der Waals surface area contributed by atoms with E-state index in [1.807, 2.05) is 0 Å². The number of carbonyl (C=O) groups excluding carboxylic acids is 1. The third-order valence-corrected chi connectivity index (χ3v) is 3.40.